The number of rotatable bonds is 3. The SMILES string of the molecule is Cc1ccc(CC2(CO)CC2)cn1. The molecule has 0 radical (unpaired) electrons. The van der Waals surface area contributed by atoms with Gasteiger partial charge in [-0.2, -0.15) is 0 Å². The molecule has 2 heteroatoms. The molecular weight excluding hydrogens is 162 g/mol. The van der Waals surface area contributed by atoms with E-state index in [1.807, 2.05) is 19.2 Å². The fourth-order valence-electron chi connectivity index (χ4n) is 1.60. The summed E-state index contributed by atoms with van der Waals surface area (Å²) in [5, 5.41) is 9.15. The van der Waals surface area contributed by atoms with E-state index in [1.54, 1.807) is 0 Å². The van der Waals surface area contributed by atoms with Crippen LogP contribution in [-0.4, -0.2) is 16.7 Å². The van der Waals surface area contributed by atoms with Gasteiger partial charge in [-0.05, 0) is 43.2 Å². The maximum Gasteiger partial charge on any atom is 0.0490 e. The molecule has 13 heavy (non-hydrogen) atoms. The van der Waals surface area contributed by atoms with Gasteiger partial charge in [0.2, 0.25) is 0 Å². The fourth-order valence-corrected chi connectivity index (χ4v) is 1.60. The Balaban J connectivity index is 2.06. The fraction of sp³-hybridized carbons (Fsp3) is 0.545. The molecule has 1 heterocycles. The predicted molar refractivity (Wildman–Crippen MR) is 51.4 cm³/mol. The number of aliphatic hydroxyl groups excluding tert-OH is 1. The highest BCUT2D eigenvalue weighted by molar-refractivity contribution is 5.17. The number of aromatic nitrogens is 1. The highest BCUT2D eigenvalue weighted by atomic mass is 16.3. The van der Waals surface area contributed by atoms with Crippen molar-refractivity contribution in [3.05, 3.63) is 29.6 Å². The van der Waals surface area contributed by atoms with E-state index < -0.39 is 0 Å². The maximum atomic E-state index is 9.15. The summed E-state index contributed by atoms with van der Waals surface area (Å²) >= 11 is 0. The third-order valence-electron chi connectivity index (χ3n) is 2.84. The lowest BCUT2D eigenvalue weighted by atomic mass is 9.99. The Hall–Kier alpha value is -0.890. The zero-order chi connectivity index (χ0) is 9.31. The molecule has 1 aliphatic rings. The van der Waals surface area contributed by atoms with E-state index in [9.17, 15) is 0 Å². The smallest absolute Gasteiger partial charge is 0.0490 e. The van der Waals surface area contributed by atoms with Crippen LogP contribution in [0.2, 0.25) is 0 Å². The van der Waals surface area contributed by atoms with Crippen molar-refractivity contribution in [2.45, 2.75) is 26.2 Å². The Kier molecular flexibility index (Phi) is 2.08. The van der Waals surface area contributed by atoms with Crippen molar-refractivity contribution in [3.63, 3.8) is 0 Å². The summed E-state index contributed by atoms with van der Waals surface area (Å²) in [5.74, 6) is 0. The molecule has 0 aliphatic heterocycles. The average Bonchev–Trinajstić information content (AvgIpc) is 2.90. The first-order valence-electron chi connectivity index (χ1n) is 4.77. The molecule has 1 N–H and O–H groups in total. The van der Waals surface area contributed by atoms with Gasteiger partial charge in [0.05, 0.1) is 0 Å². The van der Waals surface area contributed by atoms with E-state index in [4.69, 9.17) is 5.11 Å². The third kappa shape index (κ3) is 1.89. The summed E-state index contributed by atoms with van der Waals surface area (Å²) in [6.07, 6.45) is 5.23. The number of hydrogen-bond acceptors (Lipinski definition) is 2. The van der Waals surface area contributed by atoms with Gasteiger partial charge in [0.25, 0.3) is 0 Å². The summed E-state index contributed by atoms with van der Waals surface area (Å²) in [4.78, 5) is 4.24. The van der Waals surface area contributed by atoms with Gasteiger partial charge in [-0.1, -0.05) is 6.07 Å². The first-order chi connectivity index (χ1) is 6.24. The van der Waals surface area contributed by atoms with Crippen LogP contribution in [0.1, 0.15) is 24.1 Å². The maximum absolute atomic E-state index is 9.15. The van der Waals surface area contributed by atoms with Crippen LogP contribution in [0, 0.1) is 12.3 Å². The lowest BCUT2D eigenvalue weighted by molar-refractivity contribution is 0.211. The summed E-state index contributed by atoms with van der Waals surface area (Å²) in [5.41, 5.74) is 2.51. The molecule has 1 fully saturated rings. The number of aryl methyl sites for hydroxylation is 1. The van der Waals surface area contributed by atoms with E-state index in [-0.39, 0.29) is 5.41 Å². The summed E-state index contributed by atoms with van der Waals surface area (Å²) in [6, 6.07) is 4.14. The molecule has 1 aromatic heterocycles. The van der Waals surface area contributed by atoms with Crippen LogP contribution in [0.5, 0.6) is 0 Å². The minimum absolute atomic E-state index is 0.205. The molecule has 0 amide bonds. The van der Waals surface area contributed by atoms with Gasteiger partial charge in [-0.15, -0.1) is 0 Å². The second kappa shape index (κ2) is 3.11. The second-order valence-electron chi connectivity index (χ2n) is 4.14. The van der Waals surface area contributed by atoms with Gasteiger partial charge >= 0.3 is 0 Å². The summed E-state index contributed by atoms with van der Waals surface area (Å²) < 4.78 is 0. The lowest BCUT2D eigenvalue weighted by Crippen LogP contribution is -2.10. The van der Waals surface area contributed by atoms with Crippen molar-refractivity contribution in [1.29, 1.82) is 0 Å². The standard InChI is InChI=1S/C11H15NO/c1-9-2-3-10(7-12-9)6-11(8-13)4-5-11/h2-3,7,13H,4-6,8H2,1H3. The van der Waals surface area contributed by atoms with Crippen LogP contribution in [0.15, 0.2) is 18.3 Å². The molecule has 0 atom stereocenters. The van der Waals surface area contributed by atoms with Gasteiger partial charge < -0.3 is 5.11 Å². The second-order valence-corrected chi connectivity index (χ2v) is 4.14. The van der Waals surface area contributed by atoms with Gasteiger partial charge in [-0.3, -0.25) is 4.98 Å². The van der Waals surface area contributed by atoms with Gasteiger partial charge in [0.1, 0.15) is 0 Å². The zero-order valence-corrected chi connectivity index (χ0v) is 7.95. The number of hydrogen-bond donors (Lipinski definition) is 1. The van der Waals surface area contributed by atoms with E-state index >= 15 is 0 Å². The van der Waals surface area contributed by atoms with E-state index in [1.165, 1.54) is 5.56 Å². The highest BCUT2D eigenvalue weighted by Crippen LogP contribution is 2.47. The molecule has 2 rings (SSSR count). The molecule has 2 nitrogen and oxygen atoms in total. The average molecular weight is 177 g/mol. The Morgan fingerprint density at radius 1 is 1.46 bits per heavy atom. The number of aliphatic hydroxyl groups is 1. The molecular formula is C11H15NO. The Bertz CT molecular complexity index is 287. The van der Waals surface area contributed by atoms with Crippen molar-refractivity contribution in [3.8, 4) is 0 Å². The van der Waals surface area contributed by atoms with Gasteiger partial charge in [-0.25, -0.2) is 0 Å². The van der Waals surface area contributed by atoms with Crippen LogP contribution in [0.25, 0.3) is 0 Å². The van der Waals surface area contributed by atoms with Crippen molar-refractivity contribution < 1.29 is 5.11 Å². The molecule has 0 unspecified atom stereocenters. The van der Waals surface area contributed by atoms with Crippen molar-refractivity contribution in [2.75, 3.05) is 6.61 Å². The van der Waals surface area contributed by atoms with Crippen LogP contribution in [0.4, 0.5) is 0 Å². The first-order valence-corrected chi connectivity index (χ1v) is 4.77. The molecule has 70 valence electrons. The lowest BCUT2D eigenvalue weighted by Gasteiger charge is -2.10. The van der Waals surface area contributed by atoms with Crippen molar-refractivity contribution in [2.24, 2.45) is 5.41 Å². The van der Waals surface area contributed by atoms with E-state index in [0.717, 1.165) is 25.0 Å². The molecule has 0 saturated heterocycles. The molecule has 1 aliphatic carbocycles. The molecule has 0 spiro atoms. The highest BCUT2D eigenvalue weighted by Gasteiger charge is 2.41. The number of nitrogens with zero attached hydrogens (tertiary/aromatic N) is 1. The first kappa shape index (κ1) is 8.70. The van der Waals surface area contributed by atoms with Crippen LogP contribution in [-0.2, 0) is 6.42 Å². The van der Waals surface area contributed by atoms with Crippen LogP contribution in [0.3, 0.4) is 0 Å². The van der Waals surface area contributed by atoms with E-state index in [0.29, 0.717) is 6.61 Å². The minimum atomic E-state index is 0.205. The van der Waals surface area contributed by atoms with Crippen molar-refractivity contribution >= 4 is 0 Å². The van der Waals surface area contributed by atoms with Crippen molar-refractivity contribution in [1.82, 2.24) is 4.98 Å². The molecule has 1 saturated carbocycles. The predicted octanol–water partition coefficient (Wildman–Crippen LogP) is 1.71. The van der Waals surface area contributed by atoms with Crippen LogP contribution >= 0.6 is 0 Å². The normalized spacial score (nSPS) is 18.6. The number of pyridine rings is 1. The van der Waals surface area contributed by atoms with E-state index in [2.05, 4.69) is 11.1 Å². The Labute approximate surface area is 78.6 Å². The molecule has 0 bridgehead atoms. The van der Waals surface area contributed by atoms with Crippen LogP contribution < -0.4 is 0 Å². The third-order valence-corrected chi connectivity index (χ3v) is 2.84. The largest absolute Gasteiger partial charge is 0.396 e. The quantitative estimate of drug-likeness (QED) is 0.762. The summed E-state index contributed by atoms with van der Waals surface area (Å²) in [6.45, 7) is 2.31. The zero-order valence-electron chi connectivity index (χ0n) is 7.95. The topological polar surface area (TPSA) is 33.1 Å². The monoisotopic (exact) mass is 177 g/mol. The van der Waals surface area contributed by atoms with Gasteiger partial charge in [0, 0.05) is 18.5 Å². The Morgan fingerprint density at radius 2 is 2.23 bits per heavy atom. The summed E-state index contributed by atoms with van der Waals surface area (Å²) in [7, 11) is 0. The Morgan fingerprint density at radius 3 is 2.69 bits per heavy atom. The molecule has 0 aromatic carbocycles. The molecule has 1 aromatic rings. The minimum Gasteiger partial charge on any atom is -0.396 e. The van der Waals surface area contributed by atoms with Gasteiger partial charge in [0.15, 0.2) is 0 Å².